The molecule has 0 spiro atoms. The highest BCUT2D eigenvalue weighted by Gasteiger charge is 2.57. The largest absolute Gasteiger partial charge is 0.486 e. The zero-order chi connectivity index (χ0) is 84.8. The van der Waals surface area contributed by atoms with Crippen LogP contribution in [-0.4, -0.2) is 396 Å². The Kier molecular flexibility index (Phi) is 38.2. The van der Waals surface area contributed by atoms with Gasteiger partial charge in [-0.2, -0.15) is 0 Å². The summed E-state index contributed by atoms with van der Waals surface area (Å²) in [6.07, 6.45) is -45.6. The molecule has 660 valence electrons. The second kappa shape index (κ2) is 46.1. The minimum Gasteiger partial charge on any atom is -0.486 e. The number of rotatable bonds is 44. The van der Waals surface area contributed by atoms with Gasteiger partial charge in [0.25, 0.3) is 5.91 Å². The Balaban J connectivity index is 0.815. The van der Waals surface area contributed by atoms with Gasteiger partial charge in [-0.05, 0) is 80.0 Å². The first-order valence-electron chi connectivity index (χ1n) is 38.2. The third kappa shape index (κ3) is 26.4. The lowest BCUT2D eigenvalue weighted by Gasteiger charge is -2.48. The van der Waals surface area contributed by atoms with E-state index < -0.39 is 256 Å². The monoisotopic (exact) mass is 1690 g/mol. The molecule has 6 aliphatic rings. The van der Waals surface area contributed by atoms with Gasteiger partial charge in [0.05, 0.1) is 46.2 Å². The third-order valence-electron chi connectivity index (χ3n) is 20.1. The number of Topliss-reactive ketones (excluding diaryl/α,β-unsaturated/α-hetero) is 2. The maximum absolute atomic E-state index is 13.7. The summed E-state index contributed by atoms with van der Waals surface area (Å²) >= 11 is 0. The van der Waals surface area contributed by atoms with Crippen molar-refractivity contribution in [3.63, 3.8) is 0 Å². The molecule has 0 aliphatic carbocycles. The molecule has 6 fully saturated rings. The molecule has 22 N–H and O–H groups in total. The molecule has 31 atom stereocenters. The van der Waals surface area contributed by atoms with Crippen LogP contribution < -0.4 is 25.4 Å². The summed E-state index contributed by atoms with van der Waals surface area (Å²) in [5, 5.41) is 199. The van der Waals surface area contributed by atoms with Crippen molar-refractivity contribution >= 4 is 36.9 Å². The molecule has 0 aromatic heterocycles. The molecule has 2 aromatic rings. The first kappa shape index (κ1) is 96.2. The highest BCUT2D eigenvalue weighted by molar-refractivity contribution is 7.51. The number of hydrogen-bond acceptors (Lipinski definition) is 39. The molecular weight excluding hydrogens is 1580 g/mol. The van der Waals surface area contributed by atoms with E-state index >= 15 is 0 Å². The van der Waals surface area contributed by atoms with Crippen LogP contribution >= 0.6 is 7.60 Å². The van der Waals surface area contributed by atoms with E-state index in [2.05, 4.69) is 16.0 Å². The smallest absolute Gasteiger partial charge is 0.325 e. The molecule has 43 nitrogen and oxygen atoms in total. The lowest BCUT2D eigenvalue weighted by atomic mass is 9.95. The summed E-state index contributed by atoms with van der Waals surface area (Å²) in [6, 6.07) is 8.38. The van der Waals surface area contributed by atoms with Crippen LogP contribution in [0.3, 0.4) is 0 Å². The van der Waals surface area contributed by atoms with Crippen LogP contribution in [0.25, 0.3) is 11.1 Å². The predicted molar refractivity (Wildman–Crippen MR) is 386 cm³/mol. The van der Waals surface area contributed by atoms with Crippen molar-refractivity contribution in [1.29, 1.82) is 0 Å². The van der Waals surface area contributed by atoms with Gasteiger partial charge in [0.15, 0.2) is 49.3 Å². The predicted octanol–water partition coefficient (Wildman–Crippen LogP) is -8.07. The minimum atomic E-state index is -3.62. The summed E-state index contributed by atoms with van der Waals surface area (Å²) in [5.41, 5.74) is 1.23. The van der Waals surface area contributed by atoms with E-state index in [1.165, 1.54) is 6.07 Å². The molecule has 6 saturated heterocycles. The molecule has 3 amide bonds. The Morgan fingerprint density at radius 2 is 0.776 bits per heavy atom. The summed E-state index contributed by atoms with van der Waals surface area (Å²) in [7, 11) is -3.62. The topological polar surface area (TPSA) is 661 Å². The van der Waals surface area contributed by atoms with Crippen LogP contribution in [-0.2, 0) is 85.1 Å². The first-order chi connectivity index (χ1) is 55.2. The molecular formula is C72H112N3O40P. The van der Waals surface area contributed by atoms with Gasteiger partial charge >= 0.3 is 7.60 Å². The molecule has 44 heteroatoms. The fraction of sp³-hybridized carbons (Fsp3) is 0.764. The van der Waals surface area contributed by atoms with Gasteiger partial charge in [0, 0.05) is 58.7 Å². The van der Waals surface area contributed by atoms with Crippen LogP contribution in [0.4, 0.5) is 0 Å². The molecule has 2 aromatic carbocycles. The Bertz CT molecular complexity index is 3410. The van der Waals surface area contributed by atoms with Crippen LogP contribution in [0.2, 0.25) is 0 Å². The number of amides is 3. The lowest BCUT2D eigenvalue weighted by Crippen LogP contribution is -2.68. The standard InChI is InChI=1S/C72H112N3O40P/c1-33(82)74-48-54(90)62(112-71-60(96)64(52(88)44(27-78)108-71)114-69-58(94)56(92)50(86)42(25-76)106-69)46(29-80)110-67(48)101-19-10-6-12-38(84)31-103-40-16-14-35(15-17-40)36-22-37(66(98)73-18-8-4-5-9-21-105-116(3,99)100)24-41(23-36)104-32-39(85)13-7-11-20-102-68-49(75-34(2)83)55(91)63(47(30-81)111-68)113-72-61(97)65(53(89)45(28-79)109-72)115-70-59(95)57(93)51(87)43(26-77)107-70/h14-17,22-24,42-65,67-72,76-81,86-97H,4-13,18-21,25-32H2,1-3H3,(H,73,98)(H,74,82)(H,75,83)(H,99,100)/t42?,43?,44?,45?,46?,47?,48?,49?,50-,51-,52-,53-,54+,55+,56?,57?,58-,59-,60?,61?,62+,63+,64-,65-,67+,68+,69+,70+,71-,72-/m0/s1. The van der Waals surface area contributed by atoms with Gasteiger partial charge < -0.3 is 184 Å². The summed E-state index contributed by atoms with van der Waals surface area (Å²) in [4.78, 5) is 74.6. The van der Waals surface area contributed by atoms with Crippen molar-refractivity contribution in [2.24, 2.45) is 0 Å². The quantitative estimate of drug-likeness (QED) is 0.0216. The van der Waals surface area contributed by atoms with E-state index in [9.17, 15) is 125 Å². The van der Waals surface area contributed by atoms with Crippen molar-refractivity contribution in [2.75, 3.05) is 85.9 Å². The molecule has 0 saturated carbocycles. The average Bonchev–Trinajstić information content (AvgIpc) is 0.777. The molecule has 6 aliphatic heterocycles. The van der Waals surface area contributed by atoms with Crippen molar-refractivity contribution in [2.45, 2.75) is 262 Å². The van der Waals surface area contributed by atoms with Crippen molar-refractivity contribution < 1.29 is 196 Å². The normalized spacial score (nSPS) is 36.1. The Hall–Kier alpha value is -5.26. The lowest BCUT2D eigenvalue weighted by molar-refractivity contribution is -0.376. The van der Waals surface area contributed by atoms with Gasteiger partial charge in [-0.25, -0.2) is 0 Å². The summed E-state index contributed by atoms with van der Waals surface area (Å²) < 4.78 is 97.1. The van der Waals surface area contributed by atoms with Crippen molar-refractivity contribution in [3.8, 4) is 22.6 Å². The number of nitrogens with one attached hydrogen (secondary N) is 3. The highest BCUT2D eigenvalue weighted by Crippen LogP contribution is 2.39. The number of aliphatic hydroxyl groups is 18. The second-order valence-electron chi connectivity index (χ2n) is 29.0. The molecule has 13 unspecified atom stereocenters. The molecule has 0 radical (unpaired) electrons. The summed E-state index contributed by atoms with van der Waals surface area (Å²) in [6.45, 7) is -2.46. The number of hydrogen-bond donors (Lipinski definition) is 22. The average molecular weight is 1690 g/mol. The number of carbonyl (C=O) groups excluding carboxylic acids is 5. The van der Waals surface area contributed by atoms with Gasteiger partial charge in [-0.1, -0.05) is 25.0 Å². The highest BCUT2D eigenvalue weighted by atomic mass is 31.2. The number of unbranched alkanes of at least 4 members (excludes halogenated alkanes) is 5. The fourth-order valence-electron chi connectivity index (χ4n) is 13.7. The van der Waals surface area contributed by atoms with Gasteiger partial charge in [0.1, 0.15) is 171 Å². The van der Waals surface area contributed by atoms with Crippen LogP contribution in [0.1, 0.15) is 88.4 Å². The fourth-order valence-corrected chi connectivity index (χ4v) is 14.2. The molecule has 116 heavy (non-hydrogen) atoms. The van der Waals surface area contributed by atoms with E-state index in [-0.39, 0.29) is 94.4 Å². The zero-order valence-corrected chi connectivity index (χ0v) is 64.8. The van der Waals surface area contributed by atoms with E-state index in [1.54, 1.807) is 36.4 Å². The summed E-state index contributed by atoms with van der Waals surface area (Å²) in [5.74, 6) is -2.02. The first-order valence-corrected chi connectivity index (χ1v) is 40.2. The van der Waals surface area contributed by atoms with E-state index in [1.807, 2.05) is 0 Å². The zero-order valence-electron chi connectivity index (χ0n) is 63.9. The number of ether oxygens (including phenoxy) is 14. The minimum absolute atomic E-state index is 0.0136. The Labute approximate surface area is 665 Å². The molecule has 0 bridgehead atoms. The Morgan fingerprint density at radius 1 is 0.397 bits per heavy atom. The number of ketones is 2. The van der Waals surface area contributed by atoms with E-state index in [0.29, 0.717) is 42.6 Å². The molecule has 6 heterocycles. The van der Waals surface area contributed by atoms with Crippen molar-refractivity contribution in [1.82, 2.24) is 16.0 Å². The molecule has 8 rings (SSSR count). The number of benzene rings is 2. The van der Waals surface area contributed by atoms with E-state index in [0.717, 1.165) is 20.5 Å². The Morgan fingerprint density at radius 3 is 1.19 bits per heavy atom. The third-order valence-corrected chi connectivity index (χ3v) is 20.7. The number of aliphatic hydroxyl groups excluding tert-OH is 18. The van der Waals surface area contributed by atoms with Crippen LogP contribution in [0, 0.1) is 0 Å². The van der Waals surface area contributed by atoms with Crippen molar-refractivity contribution in [3.05, 3.63) is 48.0 Å². The van der Waals surface area contributed by atoms with Crippen LogP contribution in [0.5, 0.6) is 11.5 Å². The second-order valence-corrected chi connectivity index (χ2v) is 30.8. The maximum atomic E-state index is 13.7. The maximum Gasteiger partial charge on any atom is 0.325 e. The SMILES string of the molecule is CC(=O)NC1[C@H](OCCCCC(=O)COc2ccc(-c3cc(OCC(=O)CCCCO[C@@H]4OC(CO)[C@@H](O[C@@H]5OC(CO)[C@H](O)[C@H](O[C@H]6OC(CO)[C@H](O)C(O)[C@@H]6O)C5O)[C@H](O)C4NC(C)=O)cc(C(=O)NCCCCCCOP(C)(=O)O)c3)cc2)OC(CO)[C@@H](O[C@@H]2OC(CO)[C@H](O)[C@H](O[C@H]3OC(CO)[C@H](O)C(O)[C@@H]3O)C2O)[C@@H]1O. The van der Waals surface area contributed by atoms with Gasteiger partial charge in [0.2, 0.25) is 11.8 Å². The number of carbonyl (C=O) groups is 5. The van der Waals surface area contributed by atoms with Crippen LogP contribution in [0.15, 0.2) is 42.5 Å². The van der Waals surface area contributed by atoms with Gasteiger partial charge in [-0.15, -0.1) is 0 Å². The van der Waals surface area contributed by atoms with E-state index in [4.69, 9.17) is 70.8 Å². The van der Waals surface area contributed by atoms with Gasteiger partial charge in [-0.3, -0.25) is 28.5 Å².